The second-order valence-electron chi connectivity index (χ2n) is 9.17. The lowest BCUT2D eigenvalue weighted by atomic mass is 9.90. The molecule has 0 aliphatic rings. The molecular weight excluding hydrogens is 469 g/mol. The van der Waals surface area contributed by atoms with Gasteiger partial charge in [0.25, 0.3) is 0 Å². The summed E-state index contributed by atoms with van der Waals surface area (Å²) in [4.78, 5) is 4.79. The third-order valence-corrected chi connectivity index (χ3v) is 10.1. The SMILES string of the molecule is C=C(c1ccc(P(=O)(c2ccccc2)c2ccccc2)nc1)c1ccc2cccc3cc/c(=C/C)c1c23. The van der Waals surface area contributed by atoms with Crippen LogP contribution in [0.1, 0.15) is 18.1 Å². The molecule has 1 heterocycles. The van der Waals surface area contributed by atoms with Crippen molar-refractivity contribution in [3.63, 3.8) is 0 Å². The highest BCUT2D eigenvalue weighted by molar-refractivity contribution is 7.85. The Bertz CT molecular complexity index is 1800. The maximum absolute atomic E-state index is 14.6. The Balaban J connectivity index is 1.48. The molecule has 1 aromatic heterocycles. The number of nitrogens with zero attached hydrogens (tertiary/aromatic N) is 1. The van der Waals surface area contributed by atoms with E-state index in [0.717, 1.165) is 27.3 Å². The molecule has 0 atom stereocenters. The highest BCUT2D eigenvalue weighted by Gasteiger charge is 2.31. The van der Waals surface area contributed by atoms with Crippen LogP contribution in [-0.2, 0) is 4.57 Å². The Hall–Kier alpha value is -4.26. The fraction of sp³-hybridized carbons (Fsp3) is 0.0294. The van der Waals surface area contributed by atoms with Crippen LogP contribution in [0.3, 0.4) is 0 Å². The quantitative estimate of drug-likeness (QED) is 0.252. The Labute approximate surface area is 217 Å². The Kier molecular flexibility index (Phi) is 5.83. The van der Waals surface area contributed by atoms with E-state index in [1.165, 1.54) is 26.8 Å². The molecule has 178 valence electrons. The van der Waals surface area contributed by atoms with Crippen LogP contribution >= 0.6 is 7.14 Å². The summed E-state index contributed by atoms with van der Waals surface area (Å²) in [5.74, 6) is 0. The number of hydrogen-bond donors (Lipinski definition) is 0. The second-order valence-corrected chi connectivity index (χ2v) is 11.9. The van der Waals surface area contributed by atoms with E-state index in [0.29, 0.717) is 5.44 Å². The molecule has 3 heteroatoms. The van der Waals surface area contributed by atoms with E-state index in [1.807, 2.05) is 79.0 Å². The second kappa shape index (κ2) is 9.32. The van der Waals surface area contributed by atoms with Gasteiger partial charge in [-0.05, 0) is 50.9 Å². The van der Waals surface area contributed by atoms with Gasteiger partial charge in [0, 0.05) is 22.4 Å². The highest BCUT2D eigenvalue weighted by Crippen LogP contribution is 2.41. The van der Waals surface area contributed by atoms with Gasteiger partial charge in [0.2, 0.25) is 0 Å². The first kappa shape index (κ1) is 23.2. The van der Waals surface area contributed by atoms with Crippen LogP contribution in [0.25, 0.3) is 33.2 Å². The lowest BCUT2D eigenvalue weighted by molar-refractivity contribution is 0.592. The minimum atomic E-state index is -3.12. The fourth-order valence-electron chi connectivity index (χ4n) is 5.20. The summed E-state index contributed by atoms with van der Waals surface area (Å²) in [6.45, 7) is 6.55. The van der Waals surface area contributed by atoms with Gasteiger partial charge in [0.1, 0.15) is 5.44 Å². The predicted octanol–water partition coefficient (Wildman–Crippen LogP) is 6.61. The topological polar surface area (TPSA) is 30.0 Å². The van der Waals surface area contributed by atoms with Crippen molar-refractivity contribution < 1.29 is 4.57 Å². The molecule has 0 aliphatic carbocycles. The van der Waals surface area contributed by atoms with E-state index in [4.69, 9.17) is 4.98 Å². The zero-order chi connectivity index (χ0) is 25.4. The van der Waals surface area contributed by atoms with Crippen LogP contribution in [0.2, 0.25) is 0 Å². The van der Waals surface area contributed by atoms with Crippen molar-refractivity contribution in [2.45, 2.75) is 6.92 Å². The van der Waals surface area contributed by atoms with E-state index in [9.17, 15) is 4.57 Å². The number of benzene rings is 5. The normalized spacial score (nSPS) is 12.3. The molecule has 2 nitrogen and oxygen atoms in total. The summed E-state index contributed by atoms with van der Waals surface area (Å²) in [5.41, 5.74) is 3.46. The minimum Gasteiger partial charge on any atom is -0.307 e. The third kappa shape index (κ3) is 3.82. The molecule has 6 rings (SSSR count). The standard InChI is InChI=1S/C34H26NOP/c1-3-25-17-18-26-11-10-12-27-19-21-31(34(25)33(26)27)24(2)28-20-22-32(35-23-28)37(36,29-13-6-4-7-14-29)30-15-8-5-9-16-30/h3-23H,2H2,1H3/b25-3-. The zero-order valence-corrected chi connectivity index (χ0v) is 21.5. The molecule has 0 N–H and O–H groups in total. The Morgan fingerprint density at radius 3 is 1.89 bits per heavy atom. The average Bonchev–Trinajstić information content (AvgIpc) is 2.98. The molecule has 0 saturated heterocycles. The molecule has 0 fully saturated rings. The third-order valence-electron chi connectivity index (χ3n) is 7.10. The van der Waals surface area contributed by atoms with Crippen molar-refractivity contribution in [3.05, 3.63) is 144 Å². The first-order chi connectivity index (χ1) is 18.1. The van der Waals surface area contributed by atoms with Crippen LogP contribution in [-0.4, -0.2) is 4.98 Å². The largest absolute Gasteiger partial charge is 0.307 e. The molecule has 0 unspecified atom stereocenters. The zero-order valence-electron chi connectivity index (χ0n) is 20.6. The Morgan fingerprint density at radius 1 is 0.703 bits per heavy atom. The van der Waals surface area contributed by atoms with Crippen LogP contribution in [0.15, 0.2) is 128 Å². The van der Waals surface area contributed by atoms with Gasteiger partial charge in [-0.3, -0.25) is 4.98 Å². The van der Waals surface area contributed by atoms with Crippen molar-refractivity contribution in [3.8, 4) is 0 Å². The van der Waals surface area contributed by atoms with Gasteiger partial charge < -0.3 is 4.57 Å². The predicted molar refractivity (Wildman–Crippen MR) is 159 cm³/mol. The van der Waals surface area contributed by atoms with Crippen molar-refractivity contribution in [1.82, 2.24) is 4.98 Å². The maximum atomic E-state index is 14.6. The van der Waals surface area contributed by atoms with Gasteiger partial charge in [-0.25, -0.2) is 0 Å². The van der Waals surface area contributed by atoms with Crippen LogP contribution in [0.5, 0.6) is 0 Å². The number of pyridine rings is 1. The van der Waals surface area contributed by atoms with E-state index < -0.39 is 7.14 Å². The average molecular weight is 496 g/mol. The van der Waals surface area contributed by atoms with Crippen LogP contribution in [0.4, 0.5) is 0 Å². The van der Waals surface area contributed by atoms with Gasteiger partial charge in [-0.15, -0.1) is 0 Å². The van der Waals surface area contributed by atoms with E-state index in [1.54, 1.807) is 0 Å². The summed E-state index contributed by atoms with van der Waals surface area (Å²) >= 11 is 0. The summed E-state index contributed by atoms with van der Waals surface area (Å²) in [6.07, 6.45) is 3.96. The van der Waals surface area contributed by atoms with Crippen LogP contribution in [0, 0.1) is 0 Å². The van der Waals surface area contributed by atoms with Crippen molar-refractivity contribution in [2.75, 3.05) is 0 Å². The van der Waals surface area contributed by atoms with Crippen molar-refractivity contribution in [1.29, 1.82) is 0 Å². The van der Waals surface area contributed by atoms with Crippen molar-refractivity contribution in [2.24, 2.45) is 0 Å². The summed E-state index contributed by atoms with van der Waals surface area (Å²) in [6, 6.07) is 38.2. The van der Waals surface area contributed by atoms with E-state index in [-0.39, 0.29) is 0 Å². The van der Waals surface area contributed by atoms with Gasteiger partial charge in [-0.1, -0.05) is 122 Å². The van der Waals surface area contributed by atoms with Crippen LogP contribution < -0.4 is 21.3 Å². The maximum Gasteiger partial charge on any atom is 0.188 e. The summed E-state index contributed by atoms with van der Waals surface area (Å²) < 4.78 is 14.6. The molecule has 5 aromatic carbocycles. The lowest BCUT2D eigenvalue weighted by Gasteiger charge is -2.19. The van der Waals surface area contributed by atoms with E-state index in [2.05, 4.69) is 62.0 Å². The highest BCUT2D eigenvalue weighted by atomic mass is 31.2. The number of hydrogen-bond acceptors (Lipinski definition) is 2. The van der Waals surface area contributed by atoms with Gasteiger partial charge in [-0.2, -0.15) is 0 Å². The summed E-state index contributed by atoms with van der Waals surface area (Å²) in [7, 11) is -3.12. The molecular formula is C34H26NOP. The molecule has 0 saturated carbocycles. The molecule has 0 bridgehead atoms. The van der Waals surface area contributed by atoms with Gasteiger partial charge in [0.05, 0.1) is 0 Å². The molecule has 0 aliphatic heterocycles. The molecule has 0 amide bonds. The molecule has 37 heavy (non-hydrogen) atoms. The smallest absolute Gasteiger partial charge is 0.188 e. The number of rotatable bonds is 5. The van der Waals surface area contributed by atoms with Crippen molar-refractivity contribution >= 4 is 56.4 Å². The van der Waals surface area contributed by atoms with Gasteiger partial charge >= 0.3 is 0 Å². The minimum absolute atomic E-state index is 0.570. The molecule has 6 aromatic rings. The number of aromatic nitrogens is 1. The molecule has 0 radical (unpaired) electrons. The first-order valence-corrected chi connectivity index (χ1v) is 14.1. The summed E-state index contributed by atoms with van der Waals surface area (Å²) in [5, 5.41) is 7.61. The lowest BCUT2D eigenvalue weighted by Crippen LogP contribution is -2.26. The van der Waals surface area contributed by atoms with E-state index >= 15 is 0 Å². The Morgan fingerprint density at radius 2 is 1.32 bits per heavy atom. The first-order valence-electron chi connectivity index (χ1n) is 12.4. The molecule has 0 spiro atoms. The monoisotopic (exact) mass is 495 g/mol. The fourth-order valence-corrected chi connectivity index (χ4v) is 7.71. The van der Waals surface area contributed by atoms with Gasteiger partial charge in [0.15, 0.2) is 7.14 Å².